The summed E-state index contributed by atoms with van der Waals surface area (Å²) in [5, 5.41) is 10.0. The van der Waals surface area contributed by atoms with Crippen molar-refractivity contribution in [1.82, 2.24) is 0 Å². The molecular weight excluding hydrogens is 254 g/mol. The summed E-state index contributed by atoms with van der Waals surface area (Å²) < 4.78 is 4.79. The Bertz CT molecular complexity index is 483. The zero-order valence-electron chi connectivity index (χ0n) is 12.5. The molecule has 110 valence electrons. The molecule has 0 aliphatic carbocycles. The van der Waals surface area contributed by atoms with Gasteiger partial charge in [0.15, 0.2) is 0 Å². The summed E-state index contributed by atoms with van der Waals surface area (Å²) in [6, 6.07) is 3.70. The Hall–Kier alpha value is -1.97. The summed E-state index contributed by atoms with van der Waals surface area (Å²) in [5.74, 6) is 0.201. The van der Waals surface area contributed by atoms with Gasteiger partial charge in [0, 0.05) is 12.1 Å². The van der Waals surface area contributed by atoms with Crippen LogP contribution in [0, 0.1) is 6.92 Å². The van der Waals surface area contributed by atoms with Gasteiger partial charge in [0.25, 0.3) is 0 Å². The van der Waals surface area contributed by atoms with Crippen LogP contribution in [-0.4, -0.2) is 24.9 Å². The van der Waals surface area contributed by atoms with Gasteiger partial charge in [-0.1, -0.05) is 19.4 Å². The van der Waals surface area contributed by atoms with Crippen molar-refractivity contribution in [2.24, 2.45) is 0 Å². The minimum atomic E-state index is -0.458. The number of aryl methyl sites for hydroxylation is 1. The molecule has 1 N–H and O–H groups in total. The fourth-order valence-electron chi connectivity index (χ4n) is 2.06. The standard InChI is InChI=1S/C16H23NO3/c1-5-7-8-13-10-14(12(3)15(18)11-13)17(9-6-2)16(19)20-4/h6,10-11,18H,2,5,7-9H2,1,3-4H3. The molecule has 4 nitrogen and oxygen atoms in total. The molecule has 0 radical (unpaired) electrons. The predicted octanol–water partition coefficient (Wildman–Crippen LogP) is 3.80. The Morgan fingerprint density at radius 3 is 2.75 bits per heavy atom. The number of carbonyl (C=O) groups excluding carboxylic acids is 1. The lowest BCUT2D eigenvalue weighted by Gasteiger charge is -2.23. The number of aromatic hydroxyl groups is 1. The van der Waals surface area contributed by atoms with Crippen molar-refractivity contribution >= 4 is 11.8 Å². The lowest BCUT2D eigenvalue weighted by molar-refractivity contribution is 0.179. The Labute approximate surface area is 120 Å². The number of phenols is 1. The van der Waals surface area contributed by atoms with Crippen molar-refractivity contribution in [3.63, 3.8) is 0 Å². The second-order valence-corrected chi connectivity index (χ2v) is 4.73. The van der Waals surface area contributed by atoms with Gasteiger partial charge in [0.2, 0.25) is 0 Å². The molecule has 0 aromatic heterocycles. The van der Waals surface area contributed by atoms with Crippen LogP contribution in [0.25, 0.3) is 0 Å². The quantitative estimate of drug-likeness (QED) is 0.804. The third-order valence-corrected chi connectivity index (χ3v) is 3.23. The van der Waals surface area contributed by atoms with Gasteiger partial charge in [0.1, 0.15) is 5.75 Å². The number of benzene rings is 1. The summed E-state index contributed by atoms with van der Waals surface area (Å²) in [4.78, 5) is 13.3. The third kappa shape index (κ3) is 3.76. The minimum Gasteiger partial charge on any atom is -0.508 e. The van der Waals surface area contributed by atoms with Crippen molar-refractivity contribution in [3.8, 4) is 5.75 Å². The second-order valence-electron chi connectivity index (χ2n) is 4.73. The number of phenolic OH excluding ortho intramolecular Hbond substituents is 1. The lowest BCUT2D eigenvalue weighted by atomic mass is 10.0. The van der Waals surface area contributed by atoms with E-state index >= 15 is 0 Å². The van der Waals surface area contributed by atoms with E-state index in [2.05, 4.69) is 13.5 Å². The topological polar surface area (TPSA) is 49.8 Å². The molecule has 20 heavy (non-hydrogen) atoms. The van der Waals surface area contributed by atoms with E-state index in [0.717, 1.165) is 24.8 Å². The first-order valence-electron chi connectivity index (χ1n) is 6.84. The second kappa shape index (κ2) is 7.58. The summed E-state index contributed by atoms with van der Waals surface area (Å²) in [6.07, 6.45) is 4.17. The highest BCUT2D eigenvalue weighted by molar-refractivity contribution is 5.89. The fourth-order valence-corrected chi connectivity index (χ4v) is 2.06. The summed E-state index contributed by atoms with van der Waals surface area (Å²) >= 11 is 0. The zero-order valence-corrected chi connectivity index (χ0v) is 12.5. The van der Waals surface area contributed by atoms with E-state index < -0.39 is 6.09 Å². The molecule has 0 bridgehead atoms. The zero-order chi connectivity index (χ0) is 15.1. The van der Waals surface area contributed by atoms with Crippen LogP contribution < -0.4 is 4.90 Å². The van der Waals surface area contributed by atoms with Crippen molar-refractivity contribution in [3.05, 3.63) is 35.9 Å². The van der Waals surface area contributed by atoms with Crippen LogP contribution in [0.1, 0.15) is 30.9 Å². The lowest BCUT2D eigenvalue weighted by Crippen LogP contribution is -2.31. The number of methoxy groups -OCH3 is 1. The minimum absolute atomic E-state index is 0.201. The van der Waals surface area contributed by atoms with Crippen molar-refractivity contribution in [2.45, 2.75) is 33.1 Å². The molecule has 0 aliphatic rings. The molecule has 0 atom stereocenters. The number of anilines is 1. The first-order valence-corrected chi connectivity index (χ1v) is 6.84. The van der Waals surface area contributed by atoms with E-state index in [1.807, 2.05) is 6.07 Å². The van der Waals surface area contributed by atoms with Crippen LogP contribution in [-0.2, 0) is 11.2 Å². The van der Waals surface area contributed by atoms with Gasteiger partial charge in [-0.15, -0.1) is 6.58 Å². The highest BCUT2D eigenvalue weighted by atomic mass is 16.5. The van der Waals surface area contributed by atoms with Crippen molar-refractivity contribution in [2.75, 3.05) is 18.6 Å². The van der Waals surface area contributed by atoms with Crippen LogP contribution in [0.2, 0.25) is 0 Å². The molecule has 0 saturated heterocycles. The smallest absolute Gasteiger partial charge is 0.414 e. The first kappa shape index (κ1) is 16.1. The molecule has 1 aromatic rings. The van der Waals surface area contributed by atoms with Gasteiger partial charge in [-0.25, -0.2) is 4.79 Å². The highest BCUT2D eigenvalue weighted by Gasteiger charge is 2.19. The van der Waals surface area contributed by atoms with Gasteiger partial charge in [0.05, 0.1) is 12.8 Å². The number of rotatable bonds is 6. The van der Waals surface area contributed by atoms with E-state index in [9.17, 15) is 9.90 Å². The normalized spacial score (nSPS) is 10.2. The number of hydrogen-bond acceptors (Lipinski definition) is 3. The number of hydrogen-bond donors (Lipinski definition) is 1. The van der Waals surface area contributed by atoms with Gasteiger partial charge in [-0.2, -0.15) is 0 Å². The van der Waals surface area contributed by atoms with Gasteiger partial charge in [-0.3, -0.25) is 4.90 Å². The van der Waals surface area contributed by atoms with Gasteiger partial charge in [-0.05, 0) is 37.5 Å². The summed E-state index contributed by atoms with van der Waals surface area (Å²) in [5.41, 5.74) is 2.35. The molecule has 1 aromatic carbocycles. The molecule has 0 fully saturated rings. The molecule has 4 heteroatoms. The fraction of sp³-hybridized carbons (Fsp3) is 0.438. The van der Waals surface area contributed by atoms with Gasteiger partial charge < -0.3 is 9.84 Å². The van der Waals surface area contributed by atoms with E-state index in [0.29, 0.717) is 17.8 Å². The average Bonchev–Trinajstić information content (AvgIpc) is 2.45. The van der Waals surface area contributed by atoms with Crippen LogP contribution in [0.5, 0.6) is 5.75 Å². The average molecular weight is 277 g/mol. The van der Waals surface area contributed by atoms with E-state index in [-0.39, 0.29) is 5.75 Å². The molecule has 0 heterocycles. The Morgan fingerprint density at radius 1 is 1.50 bits per heavy atom. The maximum Gasteiger partial charge on any atom is 0.414 e. The van der Waals surface area contributed by atoms with Crippen LogP contribution in [0.4, 0.5) is 10.5 Å². The number of amides is 1. The van der Waals surface area contributed by atoms with Crippen molar-refractivity contribution in [1.29, 1.82) is 0 Å². The van der Waals surface area contributed by atoms with E-state index in [1.165, 1.54) is 12.0 Å². The monoisotopic (exact) mass is 277 g/mol. The van der Waals surface area contributed by atoms with Crippen LogP contribution in [0.15, 0.2) is 24.8 Å². The van der Waals surface area contributed by atoms with E-state index in [4.69, 9.17) is 4.74 Å². The largest absolute Gasteiger partial charge is 0.508 e. The van der Waals surface area contributed by atoms with Crippen LogP contribution >= 0.6 is 0 Å². The van der Waals surface area contributed by atoms with E-state index in [1.54, 1.807) is 19.1 Å². The Balaban J connectivity index is 3.21. The molecule has 1 amide bonds. The Kier molecular flexibility index (Phi) is 6.10. The maximum atomic E-state index is 11.9. The molecule has 0 unspecified atom stereocenters. The molecular formula is C16H23NO3. The highest BCUT2D eigenvalue weighted by Crippen LogP contribution is 2.31. The van der Waals surface area contributed by atoms with Gasteiger partial charge >= 0.3 is 6.09 Å². The predicted molar refractivity (Wildman–Crippen MR) is 81.4 cm³/mol. The number of nitrogens with zero attached hydrogens (tertiary/aromatic N) is 1. The number of unbranched alkanes of at least 4 members (excludes halogenated alkanes) is 1. The molecule has 0 aliphatic heterocycles. The van der Waals surface area contributed by atoms with Crippen molar-refractivity contribution < 1.29 is 14.6 Å². The molecule has 0 saturated carbocycles. The van der Waals surface area contributed by atoms with Crippen LogP contribution in [0.3, 0.4) is 0 Å². The number of ether oxygens (including phenoxy) is 1. The summed E-state index contributed by atoms with van der Waals surface area (Å²) in [7, 11) is 1.34. The number of carbonyl (C=O) groups is 1. The molecule has 0 spiro atoms. The Morgan fingerprint density at radius 2 is 2.20 bits per heavy atom. The SMILES string of the molecule is C=CCN(C(=O)OC)c1cc(CCCC)cc(O)c1C. The maximum absolute atomic E-state index is 11.9. The third-order valence-electron chi connectivity index (χ3n) is 3.23. The molecule has 1 rings (SSSR count). The first-order chi connectivity index (χ1) is 9.54. The summed E-state index contributed by atoms with van der Waals surface area (Å²) in [6.45, 7) is 7.90.